The van der Waals surface area contributed by atoms with E-state index in [1.807, 2.05) is 19.1 Å². The van der Waals surface area contributed by atoms with Gasteiger partial charge in [0.1, 0.15) is 6.61 Å². The lowest BCUT2D eigenvalue weighted by Gasteiger charge is -2.21. The van der Waals surface area contributed by atoms with Crippen LogP contribution in [0.3, 0.4) is 0 Å². The number of rotatable bonds is 17. The fourth-order valence-electron chi connectivity index (χ4n) is 3.47. The largest absolute Gasteiger partial charge is 0.486 e. The summed E-state index contributed by atoms with van der Waals surface area (Å²) in [6.45, 7) is 18.1. The maximum absolute atomic E-state index is 14.4. The number of para-hydroxylation sites is 1. The van der Waals surface area contributed by atoms with E-state index in [0.717, 1.165) is 56.9 Å². The number of nitrogens with zero attached hydrogens (tertiary/aromatic N) is 1. The Balaban J connectivity index is 1.78. The molecule has 1 aromatic rings. The molecule has 2 unspecified atom stereocenters. The molecule has 0 heterocycles. The van der Waals surface area contributed by atoms with Gasteiger partial charge in [0.25, 0.3) is 0 Å². The summed E-state index contributed by atoms with van der Waals surface area (Å²) < 4.78 is 25.5. The van der Waals surface area contributed by atoms with Crippen molar-refractivity contribution in [2.24, 2.45) is 0 Å². The lowest BCUT2D eigenvalue weighted by Crippen LogP contribution is -2.37. The van der Waals surface area contributed by atoms with Gasteiger partial charge in [-0.1, -0.05) is 50.4 Å². The minimum Gasteiger partial charge on any atom is -0.486 e. The van der Waals surface area contributed by atoms with Gasteiger partial charge in [-0.05, 0) is 31.5 Å². The van der Waals surface area contributed by atoms with Crippen molar-refractivity contribution in [3.8, 4) is 5.75 Å². The minimum atomic E-state index is -0.319. The molecule has 1 aliphatic carbocycles. The zero-order valence-electron chi connectivity index (χ0n) is 19.0. The minimum absolute atomic E-state index is 0.256. The van der Waals surface area contributed by atoms with E-state index >= 15 is 0 Å². The van der Waals surface area contributed by atoms with Crippen LogP contribution < -0.4 is 15.4 Å². The van der Waals surface area contributed by atoms with Crippen molar-refractivity contribution in [1.29, 1.82) is 0 Å². The molecule has 0 radical (unpaired) electrons. The molecule has 1 fully saturated rings. The summed E-state index contributed by atoms with van der Waals surface area (Å²) in [6.07, 6.45) is 6.29. The van der Waals surface area contributed by atoms with E-state index in [1.165, 1.54) is 6.07 Å². The molecule has 5 nitrogen and oxygen atoms in total. The highest BCUT2D eigenvalue weighted by atomic mass is 19.1. The second-order valence-corrected chi connectivity index (χ2v) is 7.67. The van der Waals surface area contributed by atoms with Crippen molar-refractivity contribution >= 4 is 0 Å². The van der Waals surface area contributed by atoms with Crippen LogP contribution in [-0.2, 0) is 4.74 Å². The zero-order valence-corrected chi connectivity index (χ0v) is 19.0. The van der Waals surface area contributed by atoms with Crippen molar-refractivity contribution in [3.63, 3.8) is 0 Å². The molecular formula is C25H38FN3O2. The number of benzene rings is 1. The van der Waals surface area contributed by atoms with Crippen LogP contribution in [-0.4, -0.2) is 63.6 Å². The highest BCUT2D eigenvalue weighted by Crippen LogP contribution is 2.45. The van der Waals surface area contributed by atoms with Gasteiger partial charge in [0.05, 0.1) is 6.73 Å². The lowest BCUT2D eigenvalue weighted by molar-refractivity contribution is 0.125. The number of allylic oxidation sites excluding steroid dienone is 2. The van der Waals surface area contributed by atoms with Crippen molar-refractivity contribution in [2.45, 2.75) is 32.2 Å². The summed E-state index contributed by atoms with van der Waals surface area (Å²) in [4.78, 5) is 2.41. The molecule has 172 valence electrons. The number of hydrogen-bond donors (Lipinski definition) is 2. The zero-order chi connectivity index (χ0) is 22.5. The molecule has 2 N–H and O–H groups in total. The molecule has 0 amide bonds. The van der Waals surface area contributed by atoms with Gasteiger partial charge in [0.15, 0.2) is 11.6 Å². The summed E-state index contributed by atoms with van der Waals surface area (Å²) >= 11 is 0. The van der Waals surface area contributed by atoms with Gasteiger partial charge in [-0.3, -0.25) is 5.32 Å². The highest BCUT2D eigenvalue weighted by Gasteiger charge is 2.40. The third kappa shape index (κ3) is 8.95. The van der Waals surface area contributed by atoms with E-state index in [4.69, 9.17) is 9.47 Å². The Morgan fingerprint density at radius 2 is 2.10 bits per heavy atom. The van der Waals surface area contributed by atoms with Crippen LogP contribution in [0.5, 0.6) is 5.75 Å². The lowest BCUT2D eigenvalue weighted by atomic mass is 10.1. The first-order chi connectivity index (χ1) is 15.1. The Morgan fingerprint density at radius 1 is 1.29 bits per heavy atom. The maximum atomic E-state index is 14.4. The number of hydrogen-bond acceptors (Lipinski definition) is 5. The van der Waals surface area contributed by atoms with E-state index < -0.39 is 0 Å². The number of nitrogens with one attached hydrogen (secondary N) is 2. The first-order valence-corrected chi connectivity index (χ1v) is 11.2. The molecule has 0 spiro atoms. The number of likely N-dealkylation sites (N-methyl/N-ethyl adjacent to an activating group) is 1. The molecular weight excluding hydrogens is 393 g/mol. The molecule has 0 bridgehead atoms. The Kier molecular flexibility index (Phi) is 11.5. The van der Waals surface area contributed by atoms with Crippen molar-refractivity contribution in [2.75, 3.05) is 52.7 Å². The van der Waals surface area contributed by atoms with Crippen LogP contribution in [0, 0.1) is 5.82 Å². The topological polar surface area (TPSA) is 45.8 Å². The Morgan fingerprint density at radius 3 is 2.84 bits per heavy atom. The molecule has 2 atom stereocenters. The van der Waals surface area contributed by atoms with E-state index in [1.54, 1.807) is 18.2 Å². The van der Waals surface area contributed by atoms with Gasteiger partial charge in [0.2, 0.25) is 0 Å². The SMILES string of the molecule is C=C/C=C\C(=C)COc1c(F)cccc1C1CC1NCCN(CC)CCNCOCC. The predicted octanol–water partition coefficient (Wildman–Crippen LogP) is 3.85. The third-order valence-corrected chi connectivity index (χ3v) is 5.35. The third-order valence-electron chi connectivity index (χ3n) is 5.35. The quantitative estimate of drug-likeness (QED) is 0.223. The summed E-state index contributed by atoms with van der Waals surface area (Å²) in [5, 5.41) is 6.90. The van der Waals surface area contributed by atoms with Crippen LogP contribution >= 0.6 is 0 Å². The summed E-state index contributed by atoms with van der Waals surface area (Å²) in [5.74, 6) is 0.312. The van der Waals surface area contributed by atoms with Crippen LogP contribution in [0.1, 0.15) is 31.7 Å². The van der Waals surface area contributed by atoms with Crippen LogP contribution in [0.4, 0.5) is 4.39 Å². The molecule has 1 saturated carbocycles. The van der Waals surface area contributed by atoms with Gasteiger partial charge in [-0.2, -0.15) is 0 Å². The van der Waals surface area contributed by atoms with Gasteiger partial charge in [-0.25, -0.2) is 4.39 Å². The summed E-state index contributed by atoms with van der Waals surface area (Å²) in [5.41, 5.74) is 1.71. The van der Waals surface area contributed by atoms with E-state index in [2.05, 4.69) is 35.6 Å². The first-order valence-electron chi connectivity index (χ1n) is 11.2. The number of halogens is 1. The average molecular weight is 432 g/mol. The van der Waals surface area contributed by atoms with Gasteiger partial charge < -0.3 is 19.7 Å². The van der Waals surface area contributed by atoms with Gasteiger partial charge in [0, 0.05) is 50.3 Å². The van der Waals surface area contributed by atoms with E-state index in [0.29, 0.717) is 18.5 Å². The Bertz CT molecular complexity index is 723. The summed E-state index contributed by atoms with van der Waals surface area (Å²) in [7, 11) is 0. The molecule has 2 rings (SSSR count). The molecule has 31 heavy (non-hydrogen) atoms. The Labute approximate surface area is 187 Å². The Hall–Kier alpha value is -1.99. The van der Waals surface area contributed by atoms with E-state index in [9.17, 15) is 4.39 Å². The van der Waals surface area contributed by atoms with Crippen molar-refractivity contribution in [3.05, 3.63) is 66.5 Å². The molecule has 0 aromatic heterocycles. The van der Waals surface area contributed by atoms with Crippen LogP contribution in [0.2, 0.25) is 0 Å². The fraction of sp³-hybridized carbons (Fsp3) is 0.520. The van der Waals surface area contributed by atoms with Gasteiger partial charge >= 0.3 is 0 Å². The van der Waals surface area contributed by atoms with Crippen LogP contribution in [0.25, 0.3) is 0 Å². The number of ether oxygens (including phenoxy) is 2. The fourth-order valence-corrected chi connectivity index (χ4v) is 3.47. The normalized spacial score (nSPS) is 17.9. The van der Waals surface area contributed by atoms with Crippen molar-refractivity contribution < 1.29 is 13.9 Å². The van der Waals surface area contributed by atoms with Crippen LogP contribution in [0.15, 0.2) is 55.2 Å². The smallest absolute Gasteiger partial charge is 0.165 e. The predicted molar refractivity (Wildman–Crippen MR) is 126 cm³/mol. The maximum Gasteiger partial charge on any atom is 0.165 e. The van der Waals surface area contributed by atoms with E-state index in [-0.39, 0.29) is 18.3 Å². The average Bonchev–Trinajstić information content (AvgIpc) is 3.54. The molecule has 1 aliphatic rings. The summed E-state index contributed by atoms with van der Waals surface area (Å²) in [6, 6.07) is 5.54. The monoisotopic (exact) mass is 431 g/mol. The highest BCUT2D eigenvalue weighted by molar-refractivity contribution is 5.42. The molecule has 1 aromatic carbocycles. The van der Waals surface area contributed by atoms with Gasteiger partial charge in [-0.15, -0.1) is 0 Å². The molecule has 0 aliphatic heterocycles. The van der Waals surface area contributed by atoms with Crippen molar-refractivity contribution in [1.82, 2.24) is 15.5 Å². The first kappa shape index (κ1) is 25.3. The second kappa shape index (κ2) is 14.1. The molecule has 0 saturated heterocycles. The standard InChI is InChI=1S/C25H38FN3O2/c1-5-8-10-20(4)18-31-25-21(11-9-12-23(25)26)22-17-24(22)28-14-16-29(6-2)15-13-27-19-30-7-3/h5,8-12,22,24,27-28H,1,4,6-7,13-19H2,2-3H3/b10-8-. The molecule has 6 heteroatoms. The second-order valence-electron chi connectivity index (χ2n) is 7.67.